The number of aromatic nitrogens is 3. The predicted molar refractivity (Wildman–Crippen MR) is 138 cm³/mol. The first-order valence-corrected chi connectivity index (χ1v) is 12.8. The Labute approximate surface area is 210 Å². The number of thioether (sulfide) groups is 1. The molecule has 0 aliphatic carbocycles. The molecule has 0 N–H and O–H groups in total. The summed E-state index contributed by atoms with van der Waals surface area (Å²) >= 11 is 7.83. The molecule has 2 heterocycles. The van der Waals surface area contributed by atoms with Crippen LogP contribution in [0, 0.1) is 0 Å². The first kappa shape index (κ1) is 24.6. The van der Waals surface area contributed by atoms with Gasteiger partial charge in [0.25, 0.3) is 0 Å². The lowest BCUT2D eigenvalue weighted by Gasteiger charge is -2.32. The van der Waals surface area contributed by atoms with Crippen molar-refractivity contribution in [2.45, 2.75) is 42.8 Å². The van der Waals surface area contributed by atoms with Crippen molar-refractivity contribution in [1.29, 1.82) is 0 Å². The van der Waals surface area contributed by atoms with Crippen LogP contribution >= 0.6 is 23.4 Å². The zero-order valence-electron chi connectivity index (χ0n) is 19.7. The van der Waals surface area contributed by atoms with Crippen LogP contribution in [0.15, 0.2) is 60.3 Å². The number of rotatable bonds is 10. The maximum absolute atomic E-state index is 6.14. The lowest BCUT2D eigenvalue weighted by Crippen LogP contribution is -2.33. The van der Waals surface area contributed by atoms with E-state index >= 15 is 0 Å². The van der Waals surface area contributed by atoms with E-state index in [1.807, 2.05) is 36.4 Å². The number of halogens is 1. The van der Waals surface area contributed by atoms with Crippen LogP contribution in [-0.4, -0.2) is 47.0 Å². The third-order valence-electron chi connectivity index (χ3n) is 6.15. The van der Waals surface area contributed by atoms with Crippen LogP contribution in [0.3, 0.4) is 0 Å². The molecule has 0 bridgehead atoms. The fraction of sp³-hybridized carbons (Fsp3) is 0.385. The van der Waals surface area contributed by atoms with Crippen LogP contribution < -0.4 is 9.47 Å². The second-order valence-electron chi connectivity index (χ2n) is 8.39. The molecule has 3 aromatic rings. The summed E-state index contributed by atoms with van der Waals surface area (Å²) in [6.07, 6.45) is 4.00. The highest BCUT2D eigenvalue weighted by Gasteiger charge is 2.26. The quantitative estimate of drug-likeness (QED) is 0.260. The highest BCUT2D eigenvalue weighted by molar-refractivity contribution is 7.98. The van der Waals surface area contributed by atoms with Gasteiger partial charge >= 0.3 is 0 Å². The fourth-order valence-electron chi connectivity index (χ4n) is 4.38. The fourth-order valence-corrected chi connectivity index (χ4v) is 5.49. The van der Waals surface area contributed by atoms with E-state index in [4.69, 9.17) is 21.1 Å². The molecule has 1 fully saturated rings. The van der Waals surface area contributed by atoms with Crippen molar-refractivity contribution >= 4 is 23.4 Å². The second-order valence-corrected chi connectivity index (χ2v) is 9.77. The summed E-state index contributed by atoms with van der Waals surface area (Å²) in [5, 5.41) is 10.8. The van der Waals surface area contributed by atoms with Crippen molar-refractivity contribution in [1.82, 2.24) is 19.7 Å². The summed E-state index contributed by atoms with van der Waals surface area (Å²) in [6, 6.07) is 13.9. The molecule has 34 heavy (non-hydrogen) atoms. The third kappa shape index (κ3) is 5.95. The smallest absolute Gasteiger partial charge is 0.191 e. The Morgan fingerprint density at radius 1 is 1.12 bits per heavy atom. The zero-order chi connectivity index (χ0) is 23.9. The Bertz CT molecular complexity index is 1110. The molecule has 0 atom stereocenters. The number of nitrogens with zero attached hydrogens (tertiary/aromatic N) is 4. The highest BCUT2D eigenvalue weighted by Crippen LogP contribution is 2.32. The molecule has 180 valence electrons. The Hall–Kier alpha value is -2.48. The molecular formula is C26H31ClN4O2S. The molecule has 1 aromatic heterocycles. The van der Waals surface area contributed by atoms with E-state index in [1.165, 1.54) is 5.56 Å². The number of allylic oxidation sites excluding steroid dienone is 1. The first-order valence-electron chi connectivity index (χ1n) is 11.5. The van der Waals surface area contributed by atoms with Gasteiger partial charge in [-0.05, 0) is 61.8 Å². The Morgan fingerprint density at radius 2 is 1.94 bits per heavy atom. The van der Waals surface area contributed by atoms with Crippen molar-refractivity contribution in [2.24, 2.45) is 0 Å². The monoisotopic (exact) mass is 498 g/mol. The van der Waals surface area contributed by atoms with E-state index in [0.717, 1.165) is 71.3 Å². The average Bonchev–Trinajstić information content (AvgIpc) is 3.26. The van der Waals surface area contributed by atoms with Crippen LogP contribution in [0.25, 0.3) is 0 Å². The standard InChI is InChI=1S/C26H31ClN4O2S/c1-4-12-31-25(28-29-26(31)34-18-19-6-5-7-22(27)15-19)20-10-13-30(14-11-20)17-21-16-23(32-2)8-9-24(21)33-3/h4-9,15-16,20H,1,10-14,17-18H2,2-3H3. The van der Waals surface area contributed by atoms with E-state index in [0.29, 0.717) is 12.5 Å². The Kier molecular flexibility index (Phi) is 8.53. The molecule has 0 spiro atoms. The minimum absolute atomic E-state index is 0.386. The van der Waals surface area contributed by atoms with Gasteiger partial charge in [0, 0.05) is 35.3 Å². The molecule has 1 aliphatic heterocycles. The van der Waals surface area contributed by atoms with Gasteiger partial charge in [0.05, 0.1) is 14.2 Å². The summed E-state index contributed by atoms with van der Waals surface area (Å²) < 4.78 is 13.2. The molecule has 8 heteroatoms. The zero-order valence-corrected chi connectivity index (χ0v) is 21.3. The molecule has 4 rings (SSSR count). The number of likely N-dealkylation sites (tertiary alicyclic amines) is 1. The van der Waals surface area contributed by atoms with Gasteiger partial charge in [-0.15, -0.1) is 16.8 Å². The van der Waals surface area contributed by atoms with Gasteiger partial charge in [-0.3, -0.25) is 4.90 Å². The topological polar surface area (TPSA) is 52.4 Å². The predicted octanol–water partition coefficient (Wildman–Crippen LogP) is 5.81. The van der Waals surface area contributed by atoms with Crippen molar-refractivity contribution in [3.05, 3.63) is 77.1 Å². The number of piperidine rings is 1. The SMILES string of the molecule is C=CCn1c(SCc2cccc(Cl)c2)nnc1C1CCN(Cc2cc(OC)ccc2OC)CC1. The minimum atomic E-state index is 0.386. The number of hydrogen-bond acceptors (Lipinski definition) is 6. The van der Waals surface area contributed by atoms with E-state index in [-0.39, 0.29) is 0 Å². The molecular weight excluding hydrogens is 468 g/mol. The van der Waals surface area contributed by atoms with Crippen LogP contribution in [0.2, 0.25) is 5.02 Å². The Balaban J connectivity index is 1.40. The lowest BCUT2D eigenvalue weighted by molar-refractivity contribution is 0.197. The minimum Gasteiger partial charge on any atom is -0.497 e. The number of ether oxygens (including phenoxy) is 2. The van der Waals surface area contributed by atoms with E-state index in [9.17, 15) is 0 Å². The third-order valence-corrected chi connectivity index (χ3v) is 7.42. The lowest BCUT2D eigenvalue weighted by atomic mass is 9.95. The molecule has 0 saturated carbocycles. The molecule has 1 saturated heterocycles. The molecule has 2 aromatic carbocycles. The van der Waals surface area contributed by atoms with Gasteiger partial charge in [-0.2, -0.15) is 0 Å². The van der Waals surface area contributed by atoms with Gasteiger partial charge < -0.3 is 14.0 Å². The first-order chi connectivity index (χ1) is 16.6. The highest BCUT2D eigenvalue weighted by atomic mass is 35.5. The number of hydrogen-bond donors (Lipinski definition) is 0. The van der Waals surface area contributed by atoms with Crippen molar-refractivity contribution in [3.63, 3.8) is 0 Å². The molecule has 0 unspecified atom stereocenters. The van der Waals surface area contributed by atoms with E-state index in [2.05, 4.69) is 38.4 Å². The van der Waals surface area contributed by atoms with Crippen molar-refractivity contribution in [2.75, 3.05) is 27.3 Å². The maximum Gasteiger partial charge on any atom is 0.191 e. The van der Waals surface area contributed by atoms with Gasteiger partial charge in [-0.25, -0.2) is 0 Å². The van der Waals surface area contributed by atoms with Gasteiger partial charge in [0.15, 0.2) is 5.16 Å². The summed E-state index contributed by atoms with van der Waals surface area (Å²) in [5.74, 6) is 4.00. The summed E-state index contributed by atoms with van der Waals surface area (Å²) in [7, 11) is 3.41. The van der Waals surface area contributed by atoms with Crippen LogP contribution in [0.1, 0.15) is 35.7 Å². The molecule has 0 amide bonds. The summed E-state index contributed by atoms with van der Waals surface area (Å²) in [4.78, 5) is 2.47. The average molecular weight is 499 g/mol. The normalized spacial score (nSPS) is 14.8. The van der Waals surface area contributed by atoms with Gasteiger partial charge in [0.2, 0.25) is 0 Å². The van der Waals surface area contributed by atoms with Crippen molar-refractivity contribution < 1.29 is 9.47 Å². The number of benzene rings is 2. The molecule has 6 nitrogen and oxygen atoms in total. The van der Waals surface area contributed by atoms with Gasteiger partial charge in [0.1, 0.15) is 17.3 Å². The summed E-state index contributed by atoms with van der Waals surface area (Å²) in [5.41, 5.74) is 2.32. The maximum atomic E-state index is 6.14. The molecule has 0 radical (unpaired) electrons. The Morgan fingerprint density at radius 3 is 2.65 bits per heavy atom. The van der Waals surface area contributed by atoms with E-state index in [1.54, 1.807) is 26.0 Å². The largest absolute Gasteiger partial charge is 0.497 e. The van der Waals surface area contributed by atoms with Crippen LogP contribution in [0.5, 0.6) is 11.5 Å². The number of methoxy groups -OCH3 is 2. The van der Waals surface area contributed by atoms with Crippen molar-refractivity contribution in [3.8, 4) is 11.5 Å². The summed E-state index contributed by atoms with van der Waals surface area (Å²) in [6.45, 7) is 7.49. The second kappa shape index (κ2) is 11.8. The van der Waals surface area contributed by atoms with E-state index < -0.39 is 0 Å². The van der Waals surface area contributed by atoms with Crippen LogP contribution in [-0.2, 0) is 18.8 Å². The van der Waals surface area contributed by atoms with Crippen LogP contribution in [0.4, 0.5) is 0 Å². The van der Waals surface area contributed by atoms with Gasteiger partial charge in [-0.1, -0.05) is 41.6 Å². The molecule has 1 aliphatic rings.